The minimum absolute atomic E-state index is 0.0672. The van der Waals surface area contributed by atoms with Crippen molar-refractivity contribution < 1.29 is 4.74 Å². The SMILES string of the molecule is CCC(C)Oc1nccnc1N1CCc2nc[nH]c(=O)c2C1. The maximum atomic E-state index is 12.0. The van der Waals surface area contributed by atoms with Crippen LogP contribution in [0, 0.1) is 0 Å². The van der Waals surface area contributed by atoms with E-state index in [0.717, 1.165) is 18.7 Å². The van der Waals surface area contributed by atoms with Crippen LogP contribution in [0.2, 0.25) is 0 Å². The molecule has 0 bridgehead atoms. The summed E-state index contributed by atoms with van der Waals surface area (Å²) in [5.74, 6) is 1.19. The second-order valence-electron chi connectivity index (χ2n) is 5.35. The van der Waals surface area contributed by atoms with Gasteiger partial charge in [-0.15, -0.1) is 0 Å². The average molecular weight is 301 g/mol. The Bertz CT molecular complexity index is 715. The maximum absolute atomic E-state index is 12.0. The molecule has 1 N–H and O–H groups in total. The van der Waals surface area contributed by atoms with Gasteiger partial charge in [-0.2, -0.15) is 0 Å². The molecule has 3 rings (SSSR count). The number of nitrogens with zero attached hydrogens (tertiary/aromatic N) is 4. The smallest absolute Gasteiger partial charge is 0.257 e. The van der Waals surface area contributed by atoms with Gasteiger partial charge >= 0.3 is 0 Å². The molecule has 1 atom stereocenters. The quantitative estimate of drug-likeness (QED) is 0.916. The summed E-state index contributed by atoms with van der Waals surface area (Å²) < 4.78 is 5.85. The number of H-pyrrole nitrogens is 1. The summed E-state index contributed by atoms with van der Waals surface area (Å²) in [5.41, 5.74) is 1.45. The molecule has 2 aromatic rings. The van der Waals surface area contributed by atoms with Crippen molar-refractivity contribution >= 4 is 5.82 Å². The molecule has 22 heavy (non-hydrogen) atoms. The number of aromatic nitrogens is 4. The third-order valence-corrected chi connectivity index (χ3v) is 3.84. The first-order chi connectivity index (χ1) is 10.7. The number of ether oxygens (including phenoxy) is 1. The number of aromatic amines is 1. The number of hydrogen-bond donors (Lipinski definition) is 1. The number of nitrogens with one attached hydrogen (secondary N) is 1. The van der Waals surface area contributed by atoms with Crippen LogP contribution in [0.4, 0.5) is 5.82 Å². The van der Waals surface area contributed by atoms with Gasteiger partial charge < -0.3 is 14.6 Å². The summed E-state index contributed by atoms with van der Waals surface area (Å²) >= 11 is 0. The average Bonchev–Trinajstić information content (AvgIpc) is 2.55. The first-order valence-electron chi connectivity index (χ1n) is 7.47. The van der Waals surface area contributed by atoms with Gasteiger partial charge in [0.25, 0.3) is 11.4 Å². The lowest BCUT2D eigenvalue weighted by atomic mass is 10.1. The van der Waals surface area contributed by atoms with E-state index in [2.05, 4.69) is 26.9 Å². The van der Waals surface area contributed by atoms with E-state index in [1.54, 1.807) is 12.4 Å². The molecule has 0 amide bonds. The molecule has 1 unspecified atom stereocenters. The van der Waals surface area contributed by atoms with Crippen molar-refractivity contribution in [2.24, 2.45) is 0 Å². The Kier molecular flexibility index (Phi) is 4.04. The summed E-state index contributed by atoms with van der Waals surface area (Å²) in [6, 6.07) is 0. The minimum Gasteiger partial charge on any atom is -0.472 e. The molecule has 0 radical (unpaired) electrons. The molecule has 0 saturated carbocycles. The summed E-state index contributed by atoms with van der Waals surface area (Å²) in [4.78, 5) is 29.5. The second-order valence-corrected chi connectivity index (χ2v) is 5.35. The largest absolute Gasteiger partial charge is 0.472 e. The van der Waals surface area contributed by atoms with Crippen molar-refractivity contribution in [2.45, 2.75) is 39.3 Å². The summed E-state index contributed by atoms with van der Waals surface area (Å²) in [7, 11) is 0. The standard InChI is InChI=1S/C15H19N5O2/c1-3-10(2)22-15-13(16-5-6-17-15)20-7-4-12-11(8-20)14(21)19-9-18-12/h5-6,9-10H,3-4,7-8H2,1-2H3,(H,18,19,21). The lowest BCUT2D eigenvalue weighted by Gasteiger charge is -2.29. The highest BCUT2D eigenvalue weighted by Crippen LogP contribution is 2.27. The molecule has 1 aliphatic rings. The maximum Gasteiger partial charge on any atom is 0.257 e. The Morgan fingerprint density at radius 3 is 3.00 bits per heavy atom. The van der Waals surface area contributed by atoms with Gasteiger partial charge in [-0.05, 0) is 13.3 Å². The highest BCUT2D eigenvalue weighted by molar-refractivity contribution is 5.50. The zero-order valence-corrected chi connectivity index (χ0v) is 12.7. The van der Waals surface area contributed by atoms with Gasteiger partial charge in [0.05, 0.1) is 30.2 Å². The summed E-state index contributed by atoms with van der Waals surface area (Å²) in [6.45, 7) is 5.26. The molecule has 1 aliphatic heterocycles. The number of anilines is 1. The van der Waals surface area contributed by atoms with Crippen LogP contribution in [-0.2, 0) is 13.0 Å². The second kappa shape index (κ2) is 6.13. The fraction of sp³-hybridized carbons (Fsp3) is 0.467. The molecule has 2 aromatic heterocycles. The Morgan fingerprint density at radius 2 is 2.18 bits per heavy atom. The first-order valence-corrected chi connectivity index (χ1v) is 7.47. The van der Waals surface area contributed by atoms with Crippen molar-refractivity contribution in [3.05, 3.63) is 40.3 Å². The molecule has 0 aromatic carbocycles. The van der Waals surface area contributed by atoms with E-state index in [4.69, 9.17) is 4.74 Å². The fourth-order valence-electron chi connectivity index (χ4n) is 2.43. The predicted molar refractivity (Wildman–Crippen MR) is 82.0 cm³/mol. The molecule has 7 heteroatoms. The van der Waals surface area contributed by atoms with Crippen molar-refractivity contribution in [1.29, 1.82) is 0 Å². The van der Waals surface area contributed by atoms with Gasteiger partial charge in [-0.25, -0.2) is 15.0 Å². The minimum atomic E-state index is -0.0945. The molecule has 7 nitrogen and oxygen atoms in total. The topological polar surface area (TPSA) is 84.0 Å². The monoisotopic (exact) mass is 301 g/mol. The van der Waals surface area contributed by atoms with Gasteiger partial charge in [0.15, 0.2) is 5.82 Å². The number of rotatable bonds is 4. The van der Waals surface area contributed by atoms with E-state index >= 15 is 0 Å². The van der Waals surface area contributed by atoms with Gasteiger partial charge in [0.2, 0.25) is 0 Å². The lowest BCUT2D eigenvalue weighted by molar-refractivity contribution is 0.208. The predicted octanol–water partition coefficient (Wildman–Crippen LogP) is 1.30. The molecule has 0 saturated heterocycles. The zero-order valence-electron chi connectivity index (χ0n) is 12.7. The van der Waals surface area contributed by atoms with Crippen LogP contribution in [0.5, 0.6) is 5.88 Å². The molecule has 116 valence electrons. The van der Waals surface area contributed by atoms with Gasteiger partial charge in [-0.1, -0.05) is 6.92 Å². The Hall–Kier alpha value is -2.44. The van der Waals surface area contributed by atoms with Crippen molar-refractivity contribution in [3.63, 3.8) is 0 Å². The van der Waals surface area contributed by atoms with Crippen LogP contribution in [0.1, 0.15) is 31.5 Å². The van der Waals surface area contributed by atoms with Gasteiger partial charge in [0, 0.05) is 25.4 Å². The van der Waals surface area contributed by atoms with Crippen LogP contribution in [0.3, 0.4) is 0 Å². The molecular formula is C15H19N5O2. The lowest BCUT2D eigenvalue weighted by Crippen LogP contribution is -2.36. The van der Waals surface area contributed by atoms with E-state index in [1.807, 2.05) is 11.8 Å². The zero-order chi connectivity index (χ0) is 15.5. The molecule has 0 spiro atoms. The molecular weight excluding hydrogens is 282 g/mol. The van der Waals surface area contributed by atoms with Crippen molar-refractivity contribution in [2.75, 3.05) is 11.4 Å². The Labute approximate surface area is 128 Å². The van der Waals surface area contributed by atoms with E-state index < -0.39 is 0 Å². The van der Waals surface area contributed by atoms with Crippen LogP contribution in [-0.4, -0.2) is 32.6 Å². The van der Waals surface area contributed by atoms with Gasteiger partial charge in [0.1, 0.15) is 0 Å². The van der Waals surface area contributed by atoms with E-state index in [-0.39, 0.29) is 11.7 Å². The van der Waals surface area contributed by atoms with Crippen molar-refractivity contribution in [3.8, 4) is 5.88 Å². The van der Waals surface area contributed by atoms with Gasteiger partial charge in [-0.3, -0.25) is 4.79 Å². The fourth-order valence-corrected chi connectivity index (χ4v) is 2.43. The normalized spacial score (nSPS) is 15.3. The Balaban J connectivity index is 1.90. The van der Waals surface area contributed by atoms with E-state index in [1.165, 1.54) is 6.33 Å². The number of fused-ring (bicyclic) bond motifs is 1. The third kappa shape index (κ3) is 2.79. The highest BCUT2D eigenvalue weighted by Gasteiger charge is 2.24. The molecule has 0 aliphatic carbocycles. The summed E-state index contributed by atoms with van der Waals surface area (Å²) in [6.07, 6.45) is 6.38. The van der Waals surface area contributed by atoms with Crippen LogP contribution in [0.15, 0.2) is 23.5 Å². The first kappa shape index (κ1) is 14.5. The van der Waals surface area contributed by atoms with Crippen LogP contribution in [0.25, 0.3) is 0 Å². The summed E-state index contributed by atoms with van der Waals surface area (Å²) in [5, 5.41) is 0. The van der Waals surface area contributed by atoms with E-state index in [0.29, 0.717) is 30.2 Å². The Morgan fingerprint density at radius 1 is 1.36 bits per heavy atom. The van der Waals surface area contributed by atoms with Crippen molar-refractivity contribution in [1.82, 2.24) is 19.9 Å². The van der Waals surface area contributed by atoms with E-state index in [9.17, 15) is 4.79 Å². The highest BCUT2D eigenvalue weighted by atomic mass is 16.5. The number of hydrogen-bond acceptors (Lipinski definition) is 6. The molecule has 0 fully saturated rings. The third-order valence-electron chi connectivity index (χ3n) is 3.84. The molecule has 3 heterocycles. The van der Waals surface area contributed by atoms with Crippen LogP contribution < -0.4 is 15.2 Å². The van der Waals surface area contributed by atoms with Crippen LogP contribution >= 0.6 is 0 Å².